The van der Waals surface area contributed by atoms with E-state index < -0.39 is 0 Å². The van der Waals surface area contributed by atoms with Crippen LogP contribution in [0.3, 0.4) is 0 Å². The molecule has 0 spiro atoms. The second-order valence-electron chi connectivity index (χ2n) is 3.82. The highest BCUT2D eigenvalue weighted by Crippen LogP contribution is 2.24. The predicted molar refractivity (Wildman–Crippen MR) is 67.9 cm³/mol. The zero-order chi connectivity index (χ0) is 11.3. The van der Waals surface area contributed by atoms with Gasteiger partial charge in [-0.25, -0.2) is 0 Å². The van der Waals surface area contributed by atoms with Crippen molar-refractivity contribution in [2.24, 2.45) is 0 Å². The molecule has 0 aliphatic heterocycles. The Bertz CT molecular complexity index is 296. The summed E-state index contributed by atoms with van der Waals surface area (Å²) < 4.78 is 10.9. The maximum atomic E-state index is 5.60. The van der Waals surface area contributed by atoms with Gasteiger partial charge in [0.15, 0.2) is 0 Å². The maximum absolute atomic E-state index is 5.60. The molecule has 0 fully saturated rings. The van der Waals surface area contributed by atoms with Gasteiger partial charge in [0, 0.05) is 12.0 Å². The zero-order valence-electron chi connectivity index (χ0n) is 9.19. The number of methoxy groups -OCH3 is 1. The molecule has 0 amide bonds. The lowest BCUT2D eigenvalue weighted by Gasteiger charge is -2.22. The van der Waals surface area contributed by atoms with Crippen LogP contribution in [0.2, 0.25) is 0 Å². The van der Waals surface area contributed by atoms with Gasteiger partial charge in [-0.2, -0.15) is 0 Å². The van der Waals surface area contributed by atoms with Crippen LogP contribution < -0.4 is 4.74 Å². The number of hydrogen-bond acceptors (Lipinski definition) is 4. The molecule has 1 aromatic carbocycles. The molecule has 0 aliphatic rings. The van der Waals surface area contributed by atoms with Crippen LogP contribution in [0, 0.1) is 0 Å². The van der Waals surface area contributed by atoms with Crippen LogP contribution in [-0.2, 0) is 4.74 Å². The van der Waals surface area contributed by atoms with E-state index in [4.69, 9.17) is 9.47 Å². The highest BCUT2D eigenvalue weighted by atomic mass is 33.1. The molecule has 84 valence electrons. The van der Waals surface area contributed by atoms with E-state index in [9.17, 15) is 0 Å². The average molecular weight is 244 g/mol. The van der Waals surface area contributed by atoms with Gasteiger partial charge in [0.2, 0.25) is 0 Å². The molecule has 0 radical (unpaired) electrons. The monoisotopic (exact) mass is 244 g/mol. The summed E-state index contributed by atoms with van der Waals surface area (Å²) in [7, 11) is 3.10. The number of hydrogen-bond donors (Lipinski definition) is 1. The van der Waals surface area contributed by atoms with Gasteiger partial charge in [-0.15, -0.1) is 11.7 Å². The molecule has 0 unspecified atom stereocenters. The van der Waals surface area contributed by atoms with Crippen molar-refractivity contribution in [2.75, 3.05) is 13.7 Å². The largest absolute Gasteiger partial charge is 0.491 e. The lowest BCUT2D eigenvalue weighted by Crippen LogP contribution is -2.30. The quantitative estimate of drug-likeness (QED) is 0.632. The lowest BCUT2D eigenvalue weighted by molar-refractivity contribution is -0.0146. The van der Waals surface area contributed by atoms with Crippen LogP contribution in [0.4, 0.5) is 0 Å². The van der Waals surface area contributed by atoms with Crippen LogP contribution in [0.25, 0.3) is 0 Å². The summed E-state index contributed by atoms with van der Waals surface area (Å²) in [5, 5.41) is 0. The van der Waals surface area contributed by atoms with Crippen LogP contribution in [0.15, 0.2) is 29.2 Å². The minimum absolute atomic E-state index is 0.253. The Balaban J connectivity index is 2.51. The Kier molecular flexibility index (Phi) is 4.83. The predicted octanol–water partition coefficient (Wildman–Crippen LogP) is 3.43. The Hall–Kier alpha value is -0.320. The summed E-state index contributed by atoms with van der Waals surface area (Å²) in [6.45, 7) is 4.52. The molecule has 0 saturated carbocycles. The van der Waals surface area contributed by atoms with E-state index in [1.54, 1.807) is 7.11 Å². The molecule has 0 aromatic heterocycles. The number of rotatable bonds is 5. The number of ether oxygens (including phenoxy) is 2. The van der Waals surface area contributed by atoms with Crippen molar-refractivity contribution in [1.82, 2.24) is 0 Å². The topological polar surface area (TPSA) is 18.5 Å². The smallest absolute Gasteiger partial charge is 0.119 e. The van der Waals surface area contributed by atoms with Gasteiger partial charge in [0.1, 0.15) is 12.4 Å². The van der Waals surface area contributed by atoms with E-state index in [1.807, 2.05) is 38.1 Å². The summed E-state index contributed by atoms with van der Waals surface area (Å²) in [5.41, 5.74) is -0.253. The summed E-state index contributed by atoms with van der Waals surface area (Å²) >= 11 is 4.11. The van der Waals surface area contributed by atoms with Crippen molar-refractivity contribution in [3.63, 3.8) is 0 Å². The first-order valence-corrected chi connectivity index (χ1v) is 6.54. The van der Waals surface area contributed by atoms with Gasteiger partial charge in [-0.05, 0) is 38.1 Å². The van der Waals surface area contributed by atoms with E-state index in [-0.39, 0.29) is 5.60 Å². The van der Waals surface area contributed by atoms with Crippen molar-refractivity contribution in [2.45, 2.75) is 24.3 Å². The molecule has 0 atom stereocenters. The van der Waals surface area contributed by atoms with E-state index in [0.717, 1.165) is 10.6 Å². The van der Waals surface area contributed by atoms with Crippen LogP contribution in [-0.4, -0.2) is 19.3 Å². The Morgan fingerprint density at radius 2 is 1.87 bits per heavy atom. The first-order valence-electron chi connectivity index (χ1n) is 4.67. The van der Waals surface area contributed by atoms with Crippen molar-refractivity contribution in [3.05, 3.63) is 24.3 Å². The van der Waals surface area contributed by atoms with Gasteiger partial charge < -0.3 is 9.47 Å². The van der Waals surface area contributed by atoms with Gasteiger partial charge >= 0.3 is 0 Å². The van der Waals surface area contributed by atoms with Crippen molar-refractivity contribution >= 4 is 22.5 Å². The standard InChI is InChI=1S/C11H16O2S2/c1-11(2,12-3)8-13-9-4-6-10(15-14)7-5-9/h4-7,14H,8H2,1-3H3. The van der Waals surface area contributed by atoms with E-state index in [0.29, 0.717) is 6.61 Å². The molecule has 1 rings (SSSR count). The molecule has 0 N–H and O–H groups in total. The molecule has 15 heavy (non-hydrogen) atoms. The molecule has 2 nitrogen and oxygen atoms in total. The fraction of sp³-hybridized carbons (Fsp3) is 0.455. The molecule has 0 aliphatic carbocycles. The summed E-state index contributed by atoms with van der Waals surface area (Å²) in [6.07, 6.45) is 0. The summed E-state index contributed by atoms with van der Waals surface area (Å²) in [6, 6.07) is 7.83. The first kappa shape index (κ1) is 12.7. The average Bonchev–Trinajstić information content (AvgIpc) is 2.27. The SMILES string of the molecule is COC(C)(C)COc1ccc(SS)cc1. The molecule has 0 bridgehead atoms. The number of thiol groups is 1. The second kappa shape index (κ2) is 5.68. The maximum Gasteiger partial charge on any atom is 0.119 e. The van der Waals surface area contributed by atoms with E-state index >= 15 is 0 Å². The van der Waals surface area contributed by atoms with Crippen LogP contribution in [0.1, 0.15) is 13.8 Å². The Morgan fingerprint density at radius 1 is 1.27 bits per heavy atom. The van der Waals surface area contributed by atoms with Crippen LogP contribution in [0.5, 0.6) is 5.75 Å². The highest BCUT2D eigenvalue weighted by Gasteiger charge is 2.16. The third-order valence-corrected chi connectivity index (χ3v) is 3.18. The van der Waals surface area contributed by atoms with E-state index in [2.05, 4.69) is 11.7 Å². The van der Waals surface area contributed by atoms with Gasteiger partial charge in [0.05, 0.1) is 5.60 Å². The molecule has 1 aromatic rings. The fourth-order valence-corrected chi connectivity index (χ4v) is 1.54. The fourth-order valence-electron chi connectivity index (χ4n) is 0.913. The van der Waals surface area contributed by atoms with Gasteiger partial charge in [-0.3, -0.25) is 0 Å². The highest BCUT2D eigenvalue weighted by molar-refractivity contribution is 8.68. The summed E-state index contributed by atoms with van der Waals surface area (Å²) in [5.74, 6) is 0.853. The van der Waals surface area contributed by atoms with Crippen molar-refractivity contribution in [1.29, 1.82) is 0 Å². The van der Waals surface area contributed by atoms with Crippen molar-refractivity contribution in [3.8, 4) is 5.75 Å². The molecule has 4 heteroatoms. The minimum Gasteiger partial charge on any atom is -0.491 e. The molecular weight excluding hydrogens is 228 g/mol. The Labute approximate surface area is 100 Å². The molecule has 0 heterocycles. The second-order valence-corrected chi connectivity index (χ2v) is 5.02. The zero-order valence-corrected chi connectivity index (χ0v) is 10.9. The summed E-state index contributed by atoms with van der Waals surface area (Å²) in [4.78, 5) is 1.11. The first-order chi connectivity index (χ1) is 7.07. The molecule has 0 saturated heterocycles. The van der Waals surface area contributed by atoms with Crippen LogP contribution >= 0.6 is 22.5 Å². The minimum atomic E-state index is -0.253. The number of benzene rings is 1. The molecular formula is C11H16O2S2. The van der Waals surface area contributed by atoms with Gasteiger partial charge in [-0.1, -0.05) is 10.8 Å². The third kappa shape index (κ3) is 4.36. The lowest BCUT2D eigenvalue weighted by atomic mass is 10.1. The normalized spacial score (nSPS) is 11.5. The Morgan fingerprint density at radius 3 is 2.33 bits per heavy atom. The van der Waals surface area contributed by atoms with Crippen molar-refractivity contribution < 1.29 is 9.47 Å². The third-order valence-electron chi connectivity index (χ3n) is 2.07. The van der Waals surface area contributed by atoms with E-state index in [1.165, 1.54) is 10.8 Å². The van der Waals surface area contributed by atoms with Gasteiger partial charge in [0.25, 0.3) is 0 Å².